The van der Waals surface area contributed by atoms with Gasteiger partial charge in [-0.25, -0.2) is 4.39 Å². The summed E-state index contributed by atoms with van der Waals surface area (Å²) in [5, 5.41) is 0. The summed E-state index contributed by atoms with van der Waals surface area (Å²) in [6.07, 6.45) is 8.42. The van der Waals surface area contributed by atoms with E-state index in [0.717, 1.165) is 23.5 Å². The van der Waals surface area contributed by atoms with Crippen LogP contribution in [0.25, 0.3) is 11.1 Å². The Hall–Kier alpha value is -1.89. The van der Waals surface area contributed by atoms with Crippen molar-refractivity contribution in [3.05, 3.63) is 72.6 Å². The summed E-state index contributed by atoms with van der Waals surface area (Å²) in [6.45, 7) is 3.85. The predicted octanol–water partition coefficient (Wildman–Crippen LogP) is 6.34. The highest BCUT2D eigenvalue weighted by Crippen LogP contribution is 2.37. The van der Waals surface area contributed by atoms with Crippen molar-refractivity contribution in [3.63, 3.8) is 0 Å². The number of halogens is 1. The Morgan fingerprint density at radius 2 is 1.41 bits per heavy atom. The monoisotopic (exact) mass is 294 g/mol. The van der Waals surface area contributed by atoms with Crippen molar-refractivity contribution >= 4 is 0 Å². The second-order valence-corrected chi connectivity index (χ2v) is 6.37. The van der Waals surface area contributed by atoms with Crippen molar-refractivity contribution < 1.29 is 4.39 Å². The lowest BCUT2D eigenvalue weighted by Crippen LogP contribution is -2.12. The first-order chi connectivity index (χ1) is 10.8. The molecule has 0 nitrogen and oxygen atoms in total. The molecule has 0 radical (unpaired) electrons. The lowest BCUT2D eigenvalue weighted by atomic mass is 9.77. The van der Waals surface area contributed by atoms with Gasteiger partial charge in [0.25, 0.3) is 0 Å². The van der Waals surface area contributed by atoms with Gasteiger partial charge in [0.05, 0.1) is 0 Å². The Morgan fingerprint density at radius 3 is 1.95 bits per heavy atom. The fraction of sp³-hybridized carbons (Fsp3) is 0.333. The highest BCUT2D eigenvalue weighted by molar-refractivity contribution is 5.63. The molecule has 2 aromatic rings. The van der Waals surface area contributed by atoms with E-state index in [1.165, 1.54) is 43.4 Å². The molecule has 0 N–H and O–H groups in total. The van der Waals surface area contributed by atoms with Crippen molar-refractivity contribution in [2.45, 2.75) is 38.0 Å². The third-order valence-electron chi connectivity index (χ3n) is 4.91. The molecular formula is C21H23F. The van der Waals surface area contributed by atoms with Crippen molar-refractivity contribution in [3.8, 4) is 11.1 Å². The molecular weight excluding hydrogens is 271 g/mol. The lowest BCUT2D eigenvalue weighted by molar-refractivity contribution is 0.328. The predicted molar refractivity (Wildman–Crippen MR) is 91.3 cm³/mol. The van der Waals surface area contributed by atoms with Gasteiger partial charge < -0.3 is 0 Å². The van der Waals surface area contributed by atoms with Crippen LogP contribution in [-0.4, -0.2) is 0 Å². The maximum atomic E-state index is 13.0. The van der Waals surface area contributed by atoms with Crippen LogP contribution in [0.15, 0.2) is 61.2 Å². The molecule has 0 heterocycles. The van der Waals surface area contributed by atoms with Crippen LogP contribution in [-0.2, 0) is 0 Å². The molecule has 1 aliphatic carbocycles. The molecule has 1 heteroatoms. The van der Waals surface area contributed by atoms with Gasteiger partial charge in [0.1, 0.15) is 5.82 Å². The molecule has 0 amide bonds. The van der Waals surface area contributed by atoms with Gasteiger partial charge in [-0.1, -0.05) is 42.5 Å². The van der Waals surface area contributed by atoms with Gasteiger partial charge in [0.2, 0.25) is 0 Å². The average Bonchev–Trinajstić information content (AvgIpc) is 2.57. The van der Waals surface area contributed by atoms with Crippen molar-refractivity contribution in [1.82, 2.24) is 0 Å². The van der Waals surface area contributed by atoms with Crippen LogP contribution in [0.5, 0.6) is 0 Å². The summed E-state index contributed by atoms with van der Waals surface area (Å²) in [5.41, 5.74) is 3.68. The highest BCUT2D eigenvalue weighted by atomic mass is 19.1. The van der Waals surface area contributed by atoms with Crippen LogP contribution in [0, 0.1) is 11.7 Å². The standard InChI is InChI=1S/C21H23F/c1-2-3-16-4-6-17(7-5-16)18-8-10-19(11-9-18)20-12-14-21(22)15-13-20/h2,8-17H,1,3-7H2. The first-order valence-electron chi connectivity index (χ1n) is 8.23. The fourth-order valence-corrected chi connectivity index (χ4v) is 3.56. The Labute approximate surface area is 132 Å². The van der Waals surface area contributed by atoms with Gasteiger partial charge in [-0.3, -0.25) is 0 Å². The Morgan fingerprint density at radius 1 is 0.864 bits per heavy atom. The molecule has 0 atom stereocenters. The maximum absolute atomic E-state index is 13.0. The van der Waals surface area contributed by atoms with Gasteiger partial charge in [0, 0.05) is 0 Å². The van der Waals surface area contributed by atoms with Crippen molar-refractivity contribution in [2.75, 3.05) is 0 Å². The normalized spacial score (nSPS) is 21.5. The molecule has 114 valence electrons. The van der Waals surface area contributed by atoms with Gasteiger partial charge in [-0.2, -0.15) is 0 Å². The highest BCUT2D eigenvalue weighted by Gasteiger charge is 2.21. The van der Waals surface area contributed by atoms with Gasteiger partial charge in [0.15, 0.2) is 0 Å². The molecule has 2 aromatic carbocycles. The molecule has 0 bridgehead atoms. The molecule has 0 unspecified atom stereocenters. The SMILES string of the molecule is C=CCC1CCC(c2ccc(-c3ccc(F)cc3)cc2)CC1. The van der Waals surface area contributed by atoms with Gasteiger partial charge in [-0.05, 0) is 72.8 Å². The fourth-order valence-electron chi connectivity index (χ4n) is 3.56. The van der Waals surface area contributed by atoms with Crippen molar-refractivity contribution in [2.24, 2.45) is 5.92 Å². The van der Waals surface area contributed by atoms with Crippen LogP contribution < -0.4 is 0 Å². The average molecular weight is 294 g/mol. The van der Waals surface area contributed by atoms with Crippen LogP contribution >= 0.6 is 0 Å². The van der Waals surface area contributed by atoms with Crippen LogP contribution in [0.1, 0.15) is 43.6 Å². The summed E-state index contributed by atoms with van der Waals surface area (Å²) in [5.74, 6) is 1.35. The molecule has 3 rings (SSSR count). The zero-order chi connectivity index (χ0) is 15.4. The zero-order valence-corrected chi connectivity index (χ0v) is 13.0. The minimum Gasteiger partial charge on any atom is -0.207 e. The van der Waals surface area contributed by atoms with Crippen LogP contribution in [0.4, 0.5) is 4.39 Å². The van der Waals surface area contributed by atoms with Gasteiger partial charge in [-0.15, -0.1) is 6.58 Å². The second kappa shape index (κ2) is 6.91. The van der Waals surface area contributed by atoms with E-state index in [0.29, 0.717) is 5.92 Å². The molecule has 1 saturated carbocycles. The zero-order valence-electron chi connectivity index (χ0n) is 13.0. The summed E-state index contributed by atoms with van der Waals surface area (Å²) >= 11 is 0. The lowest BCUT2D eigenvalue weighted by Gasteiger charge is -2.28. The van der Waals surface area contributed by atoms with Gasteiger partial charge >= 0.3 is 0 Å². The maximum Gasteiger partial charge on any atom is 0.123 e. The van der Waals surface area contributed by atoms with E-state index in [9.17, 15) is 4.39 Å². The summed E-state index contributed by atoms with van der Waals surface area (Å²) in [4.78, 5) is 0. The number of hydrogen-bond donors (Lipinski definition) is 0. The van der Waals surface area contributed by atoms with E-state index in [1.807, 2.05) is 12.1 Å². The summed E-state index contributed by atoms with van der Waals surface area (Å²) in [7, 11) is 0. The number of allylic oxidation sites excluding steroid dienone is 1. The molecule has 22 heavy (non-hydrogen) atoms. The number of hydrogen-bond acceptors (Lipinski definition) is 0. The third kappa shape index (κ3) is 3.47. The first-order valence-corrected chi connectivity index (χ1v) is 8.23. The molecule has 0 saturated heterocycles. The Balaban J connectivity index is 1.67. The minimum absolute atomic E-state index is 0.184. The van der Waals surface area contributed by atoms with E-state index in [4.69, 9.17) is 0 Å². The van der Waals surface area contributed by atoms with Crippen molar-refractivity contribution in [1.29, 1.82) is 0 Å². The van der Waals surface area contributed by atoms with E-state index in [1.54, 1.807) is 0 Å². The van der Waals surface area contributed by atoms with Crippen LogP contribution in [0.3, 0.4) is 0 Å². The topological polar surface area (TPSA) is 0 Å². The number of rotatable bonds is 4. The van der Waals surface area contributed by atoms with E-state index >= 15 is 0 Å². The van der Waals surface area contributed by atoms with E-state index in [2.05, 4.69) is 36.9 Å². The van der Waals surface area contributed by atoms with E-state index in [-0.39, 0.29) is 5.82 Å². The summed E-state index contributed by atoms with van der Waals surface area (Å²) in [6, 6.07) is 15.5. The first kappa shape index (κ1) is 15.0. The minimum atomic E-state index is -0.184. The Kier molecular flexibility index (Phi) is 4.72. The third-order valence-corrected chi connectivity index (χ3v) is 4.91. The molecule has 0 aliphatic heterocycles. The van der Waals surface area contributed by atoms with E-state index < -0.39 is 0 Å². The molecule has 1 fully saturated rings. The summed E-state index contributed by atoms with van der Waals surface area (Å²) < 4.78 is 13.0. The molecule has 0 aromatic heterocycles. The molecule has 0 spiro atoms. The second-order valence-electron chi connectivity index (χ2n) is 6.37. The quantitative estimate of drug-likeness (QED) is 0.577. The number of benzene rings is 2. The van der Waals surface area contributed by atoms with Crippen LogP contribution in [0.2, 0.25) is 0 Å². The Bertz CT molecular complexity index is 601. The molecule has 1 aliphatic rings. The largest absolute Gasteiger partial charge is 0.207 e. The smallest absolute Gasteiger partial charge is 0.123 e.